The second-order valence-electron chi connectivity index (χ2n) is 4.40. The maximum atomic E-state index is 13.2. The Labute approximate surface area is 99.4 Å². The minimum absolute atomic E-state index is 0.126. The number of nitrogens with one attached hydrogen (secondary N) is 1. The van der Waals surface area contributed by atoms with E-state index in [0.29, 0.717) is 19.3 Å². The molecular formula is C12H15ClFNO. The molecule has 0 spiro atoms. The molecule has 0 aliphatic carbocycles. The summed E-state index contributed by atoms with van der Waals surface area (Å²) in [5.41, 5.74) is 0.0946. The Morgan fingerprint density at radius 3 is 2.69 bits per heavy atom. The molecule has 2 N–H and O–H groups in total. The van der Waals surface area contributed by atoms with Crippen LogP contribution in [0.1, 0.15) is 18.4 Å². The van der Waals surface area contributed by atoms with Crippen LogP contribution < -0.4 is 5.32 Å². The normalized spacial score (nSPS) is 19.7. The molecule has 1 fully saturated rings. The fourth-order valence-corrected chi connectivity index (χ4v) is 2.22. The summed E-state index contributed by atoms with van der Waals surface area (Å²) in [6.07, 6.45) is 1.90. The van der Waals surface area contributed by atoms with E-state index in [9.17, 15) is 9.50 Å². The second-order valence-corrected chi connectivity index (χ2v) is 4.81. The van der Waals surface area contributed by atoms with Gasteiger partial charge < -0.3 is 10.4 Å². The Morgan fingerprint density at radius 2 is 2.06 bits per heavy atom. The molecule has 0 saturated carbocycles. The van der Waals surface area contributed by atoms with Crippen LogP contribution in [-0.4, -0.2) is 23.8 Å². The third-order valence-corrected chi connectivity index (χ3v) is 3.36. The highest BCUT2D eigenvalue weighted by atomic mass is 35.5. The lowest BCUT2D eigenvalue weighted by atomic mass is 9.86. The summed E-state index contributed by atoms with van der Waals surface area (Å²) in [7, 11) is 0. The van der Waals surface area contributed by atoms with Crippen molar-refractivity contribution in [1.29, 1.82) is 0 Å². The van der Waals surface area contributed by atoms with Crippen molar-refractivity contribution in [2.75, 3.05) is 13.1 Å². The van der Waals surface area contributed by atoms with Crippen LogP contribution in [0.5, 0.6) is 0 Å². The SMILES string of the molecule is OC1(Cc2ccc(Cl)c(F)c2)CCNCC1. The van der Waals surface area contributed by atoms with E-state index in [4.69, 9.17) is 11.6 Å². The van der Waals surface area contributed by atoms with Crippen molar-refractivity contribution in [3.63, 3.8) is 0 Å². The van der Waals surface area contributed by atoms with Gasteiger partial charge >= 0.3 is 0 Å². The molecule has 0 aromatic heterocycles. The maximum Gasteiger partial charge on any atom is 0.142 e. The van der Waals surface area contributed by atoms with E-state index in [0.717, 1.165) is 18.7 Å². The summed E-state index contributed by atoms with van der Waals surface area (Å²) >= 11 is 5.61. The molecule has 4 heteroatoms. The van der Waals surface area contributed by atoms with E-state index in [1.165, 1.54) is 12.1 Å². The Hall–Kier alpha value is -0.640. The molecule has 0 amide bonds. The van der Waals surface area contributed by atoms with Gasteiger partial charge in [-0.3, -0.25) is 0 Å². The Kier molecular flexibility index (Phi) is 3.47. The number of hydrogen-bond donors (Lipinski definition) is 2. The van der Waals surface area contributed by atoms with Gasteiger partial charge in [0.15, 0.2) is 0 Å². The molecule has 1 aliphatic rings. The summed E-state index contributed by atoms with van der Waals surface area (Å²) in [5.74, 6) is -0.420. The molecule has 0 unspecified atom stereocenters. The van der Waals surface area contributed by atoms with Crippen LogP contribution in [0.25, 0.3) is 0 Å². The molecule has 2 nitrogen and oxygen atoms in total. The van der Waals surface area contributed by atoms with Crippen molar-refractivity contribution in [1.82, 2.24) is 5.32 Å². The van der Waals surface area contributed by atoms with Crippen LogP contribution in [0.2, 0.25) is 5.02 Å². The summed E-state index contributed by atoms with van der Waals surface area (Å²) < 4.78 is 13.2. The van der Waals surface area contributed by atoms with Crippen LogP contribution in [0.15, 0.2) is 18.2 Å². The number of hydrogen-bond acceptors (Lipinski definition) is 2. The fourth-order valence-electron chi connectivity index (χ4n) is 2.10. The van der Waals surface area contributed by atoms with Crippen LogP contribution in [-0.2, 0) is 6.42 Å². The molecule has 16 heavy (non-hydrogen) atoms. The lowest BCUT2D eigenvalue weighted by Gasteiger charge is -2.32. The van der Waals surface area contributed by atoms with E-state index in [1.54, 1.807) is 6.07 Å². The average Bonchev–Trinajstić information content (AvgIpc) is 2.24. The van der Waals surface area contributed by atoms with Gasteiger partial charge in [-0.25, -0.2) is 4.39 Å². The van der Waals surface area contributed by atoms with Gasteiger partial charge in [0.1, 0.15) is 5.82 Å². The number of aliphatic hydroxyl groups is 1. The first-order valence-electron chi connectivity index (χ1n) is 5.46. The number of rotatable bonds is 2. The lowest BCUT2D eigenvalue weighted by molar-refractivity contribution is 0.0108. The van der Waals surface area contributed by atoms with E-state index in [-0.39, 0.29) is 5.02 Å². The topological polar surface area (TPSA) is 32.3 Å². The highest BCUT2D eigenvalue weighted by Crippen LogP contribution is 2.25. The molecule has 1 aromatic rings. The van der Waals surface area contributed by atoms with E-state index in [2.05, 4.69) is 5.32 Å². The predicted octanol–water partition coefficient (Wildman–Crippen LogP) is 2.14. The van der Waals surface area contributed by atoms with Crippen LogP contribution >= 0.6 is 11.6 Å². The Bertz CT molecular complexity index is 377. The van der Waals surface area contributed by atoms with Gasteiger partial charge in [-0.2, -0.15) is 0 Å². The van der Waals surface area contributed by atoms with Crippen LogP contribution in [0.3, 0.4) is 0 Å². The minimum atomic E-state index is -0.703. The molecule has 88 valence electrons. The molecule has 0 bridgehead atoms. The molecular weight excluding hydrogens is 229 g/mol. The van der Waals surface area contributed by atoms with Gasteiger partial charge in [0.25, 0.3) is 0 Å². The van der Waals surface area contributed by atoms with E-state index in [1.807, 2.05) is 0 Å². The molecule has 1 aliphatic heterocycles. The second kappa shape index (κ2) is 4.70. The van der Waals surface area contributed by atoms with Gasteiger partial charge in [-0.05, 0) is 43.6 Å². The third-order valence-electron chi connectivity index (χ3n) is 3.05. The predicted molar refractivity (Wildman–Crippen MR) is 62.2 cm³/mol. The Morgan fingerprint density at radius 1 is 1.38 bits per heavy atom. The summed E-state index contributed by atoms with van der Waals surface area (Å²) in [5, 5.41) is 13.6. The number of halogens is 2. The van der Waals surface area contributed by atoms with Crippen molar-refractivity contribution in [3.05, 3.63) is 34.6 Å². The average molecular weight is 244 g/mol. The molecule has 2 rings (SSSR count). The monoisotopic (exact) mass is 243 g/mol. The largest absolute Gasteiger partial charge is 0.389 e. The van der Waals surface area contributed by atoms with Gasteiger partial charge in [-0.1, -0.05) is 17.7 Å². The molecule has 1 saturated heterocycles. The fraction of sp³-hybridized carbons (Fsp3) is 0.500. The van der Waals surface area contributed by atoms with Gasteiger partial charge in [0, 0.05) is 6.42 Å². The number of benzene rings is 1. The minimum Gasteiger partial charge on any atom is -0.389 e. The molecule has 1 aromatic carbocycles. The zero-order valence-electron chi connectivity index (χ0n) is 8.97. The first-order chi connectivity index (χ1) is 7.59. The summed E-state index contributed by atoms with van der Waals surface area (Å²) in [6, 6.07) is 4.71. The van der Waals surface area contributed by atoms with Crippen molar-refractivity contribution >= 4 is 11.6 Å². The van der Waals surface area contributed by atoms with Crippen molar-refractivity contribution in [2.45, 2.75) is 24.9 Å². The highest BCUT2D eigenvalue weighted by Gasteiger charge is 2.29. The first-order valence-corrected chi connectivity index (χ1v) is 5.84. The summed E-state index contributed by atoms with van der Waals surface area (Å²) in [4.78, 5) is 0. The van der Waals surface area contributed by atoms with Crippen molar-refractivity contribution in [2.24, 2.45) is 0 Å². The van der Waals surface area contributed by atoms with Crippen LogP contribution in [0.4, 0.5) is 4.39 Å². The zero-order chi connectivity index (χ0) is 11.6. The molecule has 1 heterocycles. The van der Waals surface area contributed by atoms with Crippen LogP contribution in [0, 0.1) is 5.82 Å². The summed E-state index contributed by atoms with van der Waals surface area (Å²) in [6.45, 7) is 1.62. The van der Waals surface area contributed by atoms with Gasteiger partial charge in [0.2, 0.25) is 0 Å². The molecule has 0 atom stereocenters. The van der Waals surface area contributed by atoms with E-state index >= 15 is 0 Å². The Balaban J connectivity index is 2.10. The third kappa shape index (κ3) is 2.73. The number of piperidine rings is 1. The first kappa shape index (κ1) is 11.8. The maximum absolute atomic E-state index is 13.2. The smallest absolute Gasteiger partial charge is 0.142 e. The van der Waals surface area contributed by atoms with E-state index < -0.39 is 11.4 Å². The molecule has 0 radical (unpaired) electrons. The lowest BCUT2D eigenvalue weighted by Crippen LogP contribution is -2.43. The quantitative estimate of drug-likeness (QED) is 0.834. The van der Waals surface area contributed by atoms with Gasteiger partial charge in [0.05, 0.1) is 10.6 Å². The van der Waals surface area contributed by atoms with Gasteiger partial charge in [-0.15, -0.1) is 0 Å². The van der Waals surface area contributed by atoms with Crippen molar-refractivity contribution in [3.8, 4) is 0 Å². The standard InChI is InChI=1S/C12H15ClFNO/c13-10-2-1-9(7-11(10)14)8-12(16)3-5-15-6-4-12/h1-2,7,15-16H,3-6,8H2. The zero-order valence-corrected chi connectivity index (χ0v) is 9.73. The highest BCUT2D eigenvalue weighted by molar-refractivity contribution is 6.30. The van der Waals surface area contributed by atoms with Crippen molar-refractivity contribution < 1.29 is 9.50 Å².